The summed E-state index contributed by atoms with van der Waals surface area (Å²) in [4.78, 5) is 32.7. The molecule has 4 aromatic rings. The number of ketones is 1. The Morgan fingerprint density at radius 2 is 1.83 bits per heavy atom. The Morgan fingerprint density at radius 1 is 1.07 bits per heavy atom. The number of aromatic nitrogens is 4. The molecule has 0 spiro atoms. The van der Waals surface area contributed by atoms with Crippen LogP contribution in [0.3, 0.4) is 0 Å². The predicted molar refractivity (Wildman–Crippen MR) is 153 cm³/mol. The number of alkyl halides is 3. The van der Waals surface area contributed by atoms with E-state index in [1.54, 1.807) is 12.1 Å². The summed E-state index contributed by atoms with van der Waals surface area (Å²) in [7, 11) is 0. The van der Waals surface area contributed by atoms with Crippen LogP contribution in [0.15, 0.2) is 48.8 Å². The fourth-order valence-corrected chi connectivity index (χ4v) is 4.83. The van der Waals surface area contributed by atoms with Gasteiger partial charge in [0.2, 0.25) is 5.95 Å². The van der Waals surface area contributed by atoms with Crippen LogP contribution in [0.5, 0.6) is 0 Å². The molecular formula is C28H30F3N9O. The first-order valence-corrected chi connectivity index (χ1v) is 13.1. The summed E-state index contributed by atoms with van der Waals surface area (Å²) >= 11 is 0. The number of benzene rings is 2. The minimum atomic E-state index is -4.52. The maximum Gasteiger partial charge on any atom is 0.416 e. The van der Waals surface area contributed by atoms with Crippen LogP contribution in [0.1, 0.15) is 35.3 Å². The van der Waals surface area contributed by atoms with Gasteiger partial charge in [0.1, 0.15) is 17.4 Å². The number of nitrogens with one attached hydrogen (secondary N) is 3. The van der Waals surface area contributed by atoms with Crippen molar-refractivity contribution in [1.29, 1.82) is 0 Å². The first-order chi connectivity index (χ1) is 19.5. The summed E-state index contributed by atoms with van der Waals surface area (Å²) in [5, 5.41) is 9.78. The molecule has 2 aromatic carbocycles. The van der Waals surface area contributed by atoms with E-state index < -0.39 is 17.5 Å². The molecule has 0 saturated carbocycles. The molecule has 0 radical (unpaired) electrons. The third-order valence-corrected chi connectivity index (χ3v) is 6.79. The zero-order valence-corrected chi connectivity index (χ0v) is 22.8. The van der Waals surface area contributed by atoms with E-state index in [2.05, 4.69) is 49.6 Å². The second-order valence-electron chi connectivity index (χ2n) is 10.2. The van der Waals surface area contributed by atoms with E-state index in [9.17, 15) is 18.0 Å². The molecule has 2 atom stereocenters. The lowest BCUT2D eigenvalue weighted by molar-refractivity contribution is -0.137. The van der Waals surface area contributed by atoms with Gasteiger partial charge in [-0.3, -0.25) is 4.79 Å². The zero-order valence-electron chi connectivity index (χ0n) is 22.8. The second-order valence-corrected chi connectivity index (χ2v) is 10.2. The largest absolute Gasteiger partial charge is 0.416 e. The molecule has 1 aliphatic rings. The zero-order chi connectivity index (χ0) is 29.3. The van der Waals surface area contributed by atoms with Gasteiger partial charge in [0, 0.05) is 42.1 Å². The molecule has 3 heterocycles. The number of carbonyl (C=O) groups excluding carboxylic acids is 1. The quantitative estimate of drug-likeness (QED) is 0.236. The van der Waals surface area contributed by atoms with Gasteiger partial charge in [-0.2, -0.15) is 18.2 Å². The summed E-state index contributed by atoms with van der Waals surface area (Å²) in [5.74, 6) is 0.703. The number of fused-ring (bicyclic) bond motifs is 1. The number of Topliss-reactive ketones (excluding diaryl/α,β-unsaturated/α-hetero) is 1. The molecule has 0 bridgehead atoms. The van der Waals surface area contributed by atoms with Crippen molar-refractivity contribution in [2.45, 2.75) is 39.0 Å². The van der Waals surface area contributed by atoms with Crippen molar-refractivity contribution in [3.8, 4) is 0 Å². The molecule has 2 unspecified atom stereocenters. The number of rotatable bonds is 7. The van der Waals surface area contributed by atoms with Gasteiger partial charge in [-0.15, -0.1) is 0 Å². The molecule has 41 heavy (non-hydrogen) atoms. The van der Waals surface area contributed by atoms with Crippen LogP contribution < -0.4 is 26.6 Å². The number of nitrogen functional groups attached to an aromatic ring is 1. The number of aryl methyl sites for hydroxylation is 1. The van der Waals surface area contributed by atoms with Crippen molar-refractivity contribution in [3.63, 3.8) is 0 Å². The number of hydrogen-bond acceptors (Lipinski definition) is 10. The van der Waals surface area contributed by atoms with Crippen LogP contribution in [0.25, 0.3) is 11.0 Å². The van der Waals surface area contributed by atoms with Crippen molar-refractivity contribution in [2.75, 3.05) is 40.9 Å². The van der Waals surface area contributed by atoms with Gasteiger partial charge in [0.25, 0.3) is 0 Å². The van der Waals surface area contributed by atoms with Crippen molar-refractivity contribution >= 4 is 45.8 Å². The summed E-state index contributed by atoms with van der Waals surface area (Å²) < 4.78 is 39.1. The number of anilines is 5. The Balaban J connectivity index is 1.37. The van der Waals surface area contributed by atoms with Crippen molar-refractivity contribution in [2.24, 2.45) is 0 Å². The molecule has 5 rings (SSSR count). The van der Waals surface area contributed by atoms with E-state index in [0.29, 0.717) is 34.2 Å². The second kappa shape index (κ2) is 11.2. The number of hydrogen-bond donors (Lipinski definition) is 4. The van der Waals surface area contributed by atoms with E-state index in [-0.39, 0.29) is 30.0 Å². The van der Waals surface area contributed by atoms with Gasteiger partial charge in [0.05, 0.1) is 12.1 Å². The Bertz CT molecular complexity index is 1580. The smallest absolute Gasteiger partial charge is 0.382 e. The van der Waals surface area contributed by atoms with Crippen molar-refractivity contribution in [3.05, 3.63) is 65.5 Å². The fraction of sp³-hybridized carbons (Fsp3) is 0.321. The van der Waals surface area contributed by atoms with Crippen LogP contribution in [-0.2, 0) is 6.18 Å². The molecule has 13 heteroatoms. The first-order valence-electron chi connectivity index (χ1n) is 13.1. The minimum absolute atomic E-state index is 0.0217. The van der Waals surface area contributed by atoms with Crippen LogP contribution in [0, 0.1) is 6.92 Å². The van der Waals surface area contributed by atoms with E-state index >= 15 is 0 Å². The average molecular weight is 566 g/mol. The van der Waals surface area contributed by atoms with Crippen LogP contribution >= 0.6 is 0 Å². The minimum Gasteiger partial charge on any atom is -0.382 e. The molecule has 2 aromatic heterocycles. The third kappa shape index (κ3) is 6.30. The lowest BCUT2D eigenvalue weighted by Crippen LogP contribution is -2.54. The van der Waals surface area contributed by atoms with Gasteiger partial charge >= 0.3 is 6.18 Å². The molecule has 10 nitrogen and oxygen atoms in total. The highest BCUT2D eigenvalue weighted by Crippen LogP contribution is 2.31. The Kier molecular flexibility index (Phi) is 7.63. The molecule has 214 valence electrons. The molecule has 1 saturated heterocycles. The van der Waals surface area contributed by atoms with Gasteiger partial charge in [-0.05, 0) is 50.6 Å². The normalized spacial score (nSPS) is 17.5. The Morgan fingerprint density at radius 3 is 2.56 bits per heavy atom. The van der Waals surface area contributed by atoms with E-state index in [1.807, 2.05) is 13.0 Å². The SMILES string of the molecule is Cc1ccc(NCC(=O)c2cccc(C(F)(F)F)c2)cc1Nc1ncnc2c(N)nc(N3CC(C)NC(C)C3)nc12. The molecule has 1 fully saturated rings. The lowest BCUT2D eigenvalue weighted by atomic mass is 10.1. The van der Waals surface area contributed by atoms with Crippen LogP contribution in [-0.4, -0.2) is 57.4 Å². The predicted octanol–water partition coefficient (Wildman–Crippen LogP) is 4.55. The average Bonchev–Trinajstić information content (AvgIpc) is 2.92. The Labute approximate surface area is 234 Å². The van der Waals surface area contributed by atoms with Gasteiger partial charge in [0.15, 0.2) is 17.4 Å². The van der Waals surface area contributed by atoms with Crippen LogP contribution in [0.4, 0.5) is 42.1 Å². The van der Waals surface area contributed by atoms with Crippen molar-refractivity contribution in [1.82, 2.24) is 25.3 Å². The van der Waals surface area contributed by atoms with E-state index in [4.69, 9.17) is 10.7 Å². The number of halogens is 3. The number of nitrogens with zero attached hydrogens (tertiary/aromatic N) is 5. The fourth-order valence-electron chi connectivity index (χ4n) is 4.83. The highest BCUT2D eigenvalue weighted by molar-refractivity contribution is 5.99. The first kappa shape index (κ1) is 28.0. The van der Waals surface area contributed by atoms with Gasteiger partial charge < -0.3 is 26.6 Å². The molecule has 0 amide bonds. The van der Waals surface area contributed by atoms with Gasteiger partial charge in [-0.1, -0.05) is 18.2 Å². The monoisotopic (exact) mass is 565 g/mol. The van der Waals surface area contributed by atoms with E-state index in [0.717, 1.165) is 30.8 Å². The molecule has 0 aliphatic carbocycles. The summed E-state index contributed by atoms with van der Waals surface area (Å²) in [6.45, 7) is 7.35. The standard InChI is InChI=1S/C28H30F3N9O/c1-15-7-8-20(33-11-22(41)18-5-4-6-19(9-18)28(29,30)31)10-21(15)37-26-24-23(34-14-35-26)25(32)39-27(38-24)40-12-16(2)36-17(3)13-40/h4-10,14,16-17,33,36H,11-13H2,1-3H3,(H2,32,38,39)(H,34,35,37). The summed E-state index contributed by atoms with van der Waals surface area (Å²) in [6.07, 6.45) is -3.14. The van der Waals surface area contributed by atoms with Crippen LogP contribution in [0.2, 0.25) is 0 Å². The molecule has 1 aliphatic heterocycles. The number of carbonyl (C=O) groups is 1. The Hall–Kier alpha value is -4.52. The maximum absolute atomic E-state index is 13.0. The highest BCUT2D eigenvalue weighted by atomic mass is 19.4. The van der Waals surface area contributed by atoms with Crippen molar-refractivity contribution < 1.29 is 18.0 Å². The maximum atomic E-state index is 13.0. The third-order valence-electron chi connectivity index (χ3n) is 6.79. The number of piperazine rings is 1. The summed E-state index contributed by atoms with van der Waals surface area (Å²) in [5.41, 5.74) is 8.44. The summed E-state index contributed by atoms with van der Waals surface area (Å²) in [6, 6.07) is 10.3. The molecule has 5 N–H and O–H groups in total. The van der Waals surface area contributed by atoms with Gasteiger partial charge in [-0.25, -0.2) is 15.0 Å². The number of nitrogens with two attached hydrogens (primary N) is 1. The topological polar surface area (TPSA) is 134 Å². The van der Waals surface area contributed by atoms with E-state index in [1.165, 1.54) is 18.5 Å². The lowest BCUT2D eigenvalue weighted by Gasteiger charge is -2.36. The molecular weight excluding hydrogens is 535 g/mol. The highest BCUT2D eigenvalue weighted by Gasteiger charge is 2.31.